The summed E-state index contributed by atoms with van der Waals surface area (Å²) in [7, 11) is 0. The van der Waals surface area contributed by atoms with Gasteiger partial charge in [0.05, 0.1) is 5.92 Å². The highest BCUT2D eigenvalue weighted by Crippen LogP contribution is 2.47. The Bertz CT molecular complexity index is 590. The first kappa shape index (κ1) is 21.6. The van der Waals surface area contributed by atoms with Gasteiger partial charge in [0.2, 0.25) is 0 Å². The maximum Gasteiger partial charge on any atom is 0.396 e. The Balaban J connectivity index is 1.58. The van der Waals surface area contributed by atoms with Crippen LogP contribution < -0.4 is 5.32 Å². The highest BCUT2D eigenvalue weighted by Gasteiger charge is 2.47. The summed E-state index contributed by atoms with van der Waals surface area (Å²) in [5, 5.41) is 3.49. The van der Waals surface area contributed by atoms with Gasteiger partial charge in [-0.15, -0.1) is 0 Å². The van der Waals surface area contributed by atoms with E-state index in [2.05, 4.69) is 10.2 Å². The molecule has 0 bridgehead atoms. The second-order valence-electron chi connectivity index (χ2n) is 9.79. The maximum absolute atomic E-state index is 13.6. The number of hydrogen-bond donors (Lipinski definition) is 1. The van der Waals surface area contributed by atoms with Crippen molar-refractivity contribution in [2.75, 3.05) is 32.7 Å². The van der Waals surface area contributed by atoms with Crippen molar-refractivity contribution >= 4 is 0 Å². The molecule has 2 fully saturated rings. The van der Waals surface area contributed by atoms with Crippen LogP contribution in [0.1, 0.15) is 69.4 Å². The van der Waals surface area contributed by atoms with Gasteiger partial charge < -0.3 is 10.2 Å². The molecule has 2 atom stereocenters. The third-order valence-corrected chi connectivity index (χ3v) is 6.44. The van der Waals surface area contributed by atoms with Gasteiger partial charge >= 0.3 is 6.18 Å². The summed E-state index contributed by atoms with van der Waals surface area (Å²) in [6.07, 6.45) is 0.575. The third-order valence-electron chi connectivity index (χ3n) is 6.44. The molecule has 2 aliphatic heterocycles. The summed E-state index contributed by atoms with van der Waals surface area (Å²) in [5.74, 6) is -0.199. The Kier molecular flexibility index (Phi) is 6.76. The van der Waals surface area contributed by atoms with E-state index in [1.165, 1.54) is 24.9 Å². The Morgan fingerprint density at radius 2 is 1.68 bits per heavy atom. The predicted octanol–water partition coefficient (Wildman–Crippen LogP) is 5.56. The molecule has 0 aromatic heterocycles. The molecule has 158 valence electrons. The minimum Gasteiger partial charge on any atom is -0.316 e. The van der Waals surface area contributed by atoms with Crippen molar-refractivity contribution in [2.45, 2.75) is 64.5 Å². The van der Waals surface area contributed by atoms with E-state index in [-0.39, 0.29) is 0 Å². The topological polar surface area (TPSA) is 15.3 Å². The lowest BCUT2D eigenvalue weighted by molar-refractivity contribution is -0.171. The van der Waals surface area contributed by atoms with E-state index < -0.39 is 17.5 Å². The van der Waals surface area contributed by atoms with Gasteiger partial charge in [0.25, 0.3) is 0 Å². The van der Waals surface area contributed by atoms with Crippen LogP contribution in [-0.2, 0) is 0 Å². The number of likely N-dealkylation sites (tertiary alicyclic amines) is 1. The highest BCUT2D eigenvalue weighted by atomic mass is 19.4. The molecule has 3 rings (SSSR count). The zero-order valence-corrected chi connectivity index (χ0v) is 17.5. The lowest BCUT2D eigenvalue weighted by atomic mass is 9.75. The zero-order chi connectivity index (χ0) is 20.4. The molecule has 0 amide bonds. The van der Waals surface area contributed by atoms with Gasteiger partial charge in [0.15, 0.2) is 0 Å². The van der Waals surface area contributed by atoms with Crippen LogP contribution in [0.25, 0.3) is 0 Å². The average molecular weight is 397 g/mol. The zero-order valence-electron chi connectivity index (χ0n) is 17.5. The van der Waals surface area contributed by atoms with Crippen LogP contribution in [0.5, 0.6) is 0 Å². The lowest BCUT2D eigenvalue weighted by Crippen LogP contribution is -2.41. The van der Waals surface area contributed by atoms with Gasteiger partial charge in [-0.3, -0.25) is 0 Å². The molecular formula is C23H35F3N2. The van der Waals surface area contributed by atoms with Crippen molar-refractivity contribution in [1.82, 2.24) is 10.2 Å². The van der Waals surface area contributed by atoms with Crippen LogP contribution in [0.3, 0.4) is 0 Å². The fraction of sp³-hybridized carbons (Fsp3) is 0.739. The van der Waals surface area contributed by atoms with Crippen molar-refractivity contribution in [1.29, 1.82) is 0 Å². The van der Waals surface area contributed by atoms with Crippen molar-refractivity contribution in [3.63, 3.8) is 0 Å². The summed E-state index contributed by atoms with van der Waals surface area (Å²) in [5.41, 5.74) is 0.725. The monoisotopic (exact) mass is 396 g/mol. The van der Waals surface area contributed by atoms with Crippen LogP contribution in [0.4, 0.5) is 13.2 Å². The first-order valence-corrected chi connectivity index (χ1v) is 10.7. The molecule has 5 heteroatoms. The molecule has 2 heterocycles. The van der Waals surface area contributed by atoms with E-state index in [4.69, 9.17) is 0 Å². The summed E-state index contributed by atoms with van der Waals surface area (Å²) in [4.78, 5) is 2.57. The molecule has 0 spiro atoms. The fourth-order valence-corrected chi connectivity index (χ4v) is 5.03. The van der Waals surface area contributed by atoms with Crippen LogP contribution in [0, 0.1) is 11.3 Å². The molecule has 2 nitrogen and oxygen atoms in total. The summed E-state index contributed by atoms with van der Waals surface area (Å²) >= 11 is 0. The largest absolute Gasteiger partial charge is 0.396 e. The number of rotatable bonds is 4. The molecule has 2 unspecified atom stereocenters. The molecule has 1 aromatic rings. The number of nitrogens with zero attached hydrogens (tertiary/aromatic N) is 1. The predicted molar refractivity (Wildman–Crippen MR) is 109 cm³/mol. The van der Waals surface area contributed by atoms with Gasteiger partial charge in [-0.1, -0.05) is 45.0 Å². The normalized spacial score (nSPS) is 24.3. The lowest BCUT2D eigenvalue weighted by Gasteiger charge is -2.36. The van der Waals surface area contributed by atoms with E-state index in [0.717, 1.165) is 44.9 Å². The molecule has 2 saturated heterocycles. The second-order valence-corrected chi connectivity index (χ2v) is 9.79. The van der Waals surface area contributed by atoms with Gasteiger partial charge in [0, 0.05) is 6.54 Å². The number of hydrogen-bond acceptors (Lipinski definition) is 2. The molecule has 0 aliphatic carbocycles. The first-order chi connectivity index (χ1) is 13.1. The smallest absolute Gasteiger partial charge is 0.316 e. The number of nitrogens with one attached hydrogen (secondary N) is 1. The number of alkyl halides is 3. The van der Waals surface area contributed by atoms with Gasteiger partial charge in [-0.25, -0.2) is 0 Å². The summed E-state index contributed by atoms with van der Waals surface area (Å²) in [6, 6.07) is 7.29. The summed E-state index contributed by atoms with van der Waals surface area (Å²) in [6.45, 7) is 10.6. The highest BCUT2D eigenvalue weighted by molar-refractivity contribution is 5.30. The minimum atomic E-state index is -4.22. The SMILES string of the molecule is CC(C)(C)C(c1ccc(C2CCN(CC3CCCNC3)CC2)cc1)C(F)(F)F. The van der Waals surface area contributed by atoms with E-state index in [1.54, 1.807) is 32.9 Å². The van der Waals surface area contributed by atoms with Gasteiger partial charge in [-0.2, -0.15) is 13.2 Å². The van der Waals surface area contributed by atoms with E-state index in [9.17, 15) is 13.2 Å². The number of halogens is 3. The molecule has 0 radical (unpaired) electrons. The van der Waals surface area contributed by atoms with E-state index in [0.29, 0.717) is 11.5 Å². The van der Waals surface area contributed by atoms with Crippen LogP contribution in [-0.4, -0.2) is 43.8 Å². The van der Waals surface area contributed by atoms with Crippen LogP contribution in [0.15, 0.2) is 24.3 Å². The Labute approximate surface area is 167 Å². The molecule has 1 aromatic carbocycles. The number of benzene rings is 1. The molecule has 2 aliphatic rings. The van der Waals surface area contributed by atoms with Gasteiger partial charge in [0.1, 0.15) is 0 Å². The molecule has 0 saturated carbocycles. The standard InChI is InChI=1S/C23H35F3N2/c1-22(2,3)21(23(24,25)26)20-8-6-18(7-9-20)19-10-13-28(14-11-19)16-17-5-4-12-27-15-17/h6-9,17,19,21,27H,4-5,10-16H2,1-3H3. The van der Waals surface area contributed by atoms with Crippen molar-refractivity contribution < 1.29 is 13.2 Å². The van der Waals surface area contributed by atoms with Gasteiger partial charge in [-0.05, 0) is 80.2 Å². The van der Waals surface area contributed by atoms with Crippen LogP contribution in [0.2, 0.25) is 0 Å². The maximum atomic E-state index is 13.6. The van der Waals surface area contributed by atoms with Crippen molar-refractivity contribution in [3.8, 4) is 0 Å². The second kappa shape index (κ2) is 8.74. The Morgan fingerprint density at radius 3 is 2.18 bits per heavy atom. The molecular weight excluding hydrogens is 361 g/mol. The Hall–Kier alpha value is -1.07. The molecule has 1 N–H and O–H groups in total. The van der Waals surface area contributed by atoms with E-state index >= 15 is 0 Å². The molecule has 28 heavy (non-hydrogen) atoms. The minimum absolute atomic E-state index is 0.381. The average Bonchev–Trinajstić information content (AvgIpc) is 2.62. The third kappa shape index (κ3) is 5.50. The Morgan fingerprint density at radius 1 is 1.04 bits per heavy atom. The van der Waals surface area contributed by atoms with Crippen molar-refractivity contribution in [3.05, 3.63) is 35.4 Å². The first-order valence-electron chi connectivity index (χ1n) is 10.7. The number of piperidine rings is 2. The summed E-state index contributed by atoms with van der Waals surface area (Å²) < 4.78 is 40.7. The quantitative estimate of drug-likeness (QED) is 0.717. The van der Waals surface area contributed by atoms with Crippen LogP contribution >= 0.6 is 0 Å². The fourth-order valence-electron chi connectivity index (χ4n) is 5.03. The van der Waals surface area contributed by atoms with Crippen molar-refractivity contribution in [2.24, 2.45) is 11.3 Å². The van der Waals surface area contributed by atoms with E-state index in [1.807, 2.05) is 12.1 Å².